The second-order valence-corrected chi connectivity index (χ2v) is 4.62. The lowest BCUT2D eigenvalue weighted by molar-refractivity contribution is -0.384. The van der Waals surface area contributed by atoms with Crippen molar-refractivity contribution in [3.05, 3.63) is 39.9 Å². The predicted octanol–water partition coefficient (Wildman–Crippen LogP) is 0.992. The Balaban J connectivity index is 2.45. The van der Waals surface area contributed by atoms with E-state index >= 15 is 0 Å². The minimum Gasteiger partial charge on any atom is -0.480 e. The van der Waals surface area contributed by atoms with Crippen LogP contribution in [0.15, 0.2) is 29.3 Å². The molecule has 1 aliphatic heterocycles. The van der Waals surface area contributed by atoms with E-state index in [1.807, 2.05) is 0 Å². The van der Waals surface area contributed by atoms with Crippen molar-refractivity contribution in [3.63, 3.8) is 0 Å². The van der Waals surface area contributed by atoms with E-state index in [9.17, 15) is 20.0 Å². The van der Waals surface area contributed by atoms with Gasteiger partial charge in [0.15, 0.2) is 6.04 Å². The number of aliphatic imine (C=N–C) groups is 1. The molecule has 1 aliphatic rings. The third-order valence-electron chi connectivity index (χ3n) is 3.00. The number of nitrogens with zero attached hydrogens (tertiary/aromatic N) is 2. The summed E-state index contributed by atoms with van der Waals surface area (Å²) in [5.41, 5.74) is -1.00. The van der Waals surface area contributed by atoms with Gasteiger partial charge >= 0.3 is 5.97 Å². The Bertz CT molecular complexity index is 579. The van der Waals surface area contributed by atoms with Crippen molar-refractivity contribution in [2.75, 3.05) is 0 Å². The van der Waals surface area contributed by atoms with Crippen molar-refractivity contribution in [2.24, 2.45) is 4.99 Å². The van der Waals surface area contributed by atoms with Gasteiger partial charge in [0.2, 0.25) is 0 Å². The monoisotopic (exact) mass is 264 g/mol. The normalized spacial score (nSPS) is 26.0. The number of nitro groups is 1. The van der Waals surface area contributed by atoms with Gasteiger partial charge in [-0.25, -0.2) is 4.79 Å². The molecule has 0 aliphatic carbocycles. The zero-order chi connectivity index (χ0) is 14.2. The lowest BCUT2D eigenvalue weighted by Gasteiger charge is -2.19. The van der Waals surface area contributed by atoms with Gasteiger partial charge in [0.25, 0.3) is 5.69 Å². The standard InChI is InChI=1S/C12H12N2O5/c1-12(17)6-9(11(15)16)13-10(12)7-3-2-4-8(5-7)14(18)19/h2-5,9,17H,6H2,1H3,(H,15,16)/t9-,12+/m0/s1. The zero-order valence-electron chi connectivity index (χ0n) is 10.1. The third kappa shape index (κ3) is 2.45. The predicted molar refractivity (Wildman–Crippen MR) is 66.3 cm³/mol. The Labute approximate surface area is 108 Å². The molecule has 0 unspecified atom stereocenters. The summed E-state index contributed by atoms with van der Waals surface area (Å²) in [6.45, 7) is 1.45. The van der Waals surface area contributed by atoms with Crippen LogP contribution < -0.4 is 0 Å². The van der Waals surface area contributed by atoms with Crippen molar-refractivity contribution in [1.29, 1.82) is 0 Å². The Morgan fingerprint density at radius 1 is 1.58 bits per heavy atom. The number of carboxylic acids is 1. The first-order valence-electron chi connectivity index (χ1n) is 5.59. The highest BCUT2D eigenvalue weighted by atomic mass is 16.6. The van der Waals surface area contributed by atoms with Gasteiger partial charge in [-0.2, -0.15) is 0 Å². The van der Waals surface area contributed by atoms with Crippen LogP contribution in [-0.4, -0.2) is 38.5 Å². The zero-order valence-corrected chi connectivity index (χ0v) is 10.1. The maximum Gasteiger partial charge on any atom is 0.328 e. The number of hydrogen-bond acceptors (Lipinski definition) is 5. The van der Waals surface area contributed by atoms with E-state index in [4.69, 9.17) is 5.11 Å². The summed E-state index contributed by atoms with van der Waals surface area (Å²) in [4.78, 5) is 25.0. The van der Waals surface area contributed by atoms with Gasteiger partial charge in [0, 0.05) is 24.1 Å². The second kappa shape index (κ2) is 4.43. The summed E-state index contributed by atoms with van der Waals surface area (Å²) in [5, 5.41) is 29.8. The van der Waals surface area contributed by atoms with Crippen LogP contribution in [0.5, 0.6) is 0 Å². The van der Waals surface area contributed by atoms with Crippen LogP contribution in [0.25, 0.3) is 0 Å². The smallest absolute Gasteiger partial charge is 0.328 e. The maximum atomic E-state index is 10.9. The van der Waals surface area contributed by atoms with Crippen molar-refractivity contribution >= 4 is 17.4 Å². The fourth-order valence-corrected chi connectivity index (χ4v) is 2.11. The van der Waals surface area contributed by atoms with Crippen LogP contribution >= 0.6 is 0 Å². The fraction of sp³-hybridized carbons (Fsp3) is 0.333. The number of aliphatic hydroxyl groups is 1. The second-order valence-electron chi connectivity index (χ2n) is 4.62. The molecule has 2 rings (SSSR count). The number of nitro benzene ring substituents is 1. The number of carboxylic acid groups (broad SMARTS) is 1. The van der Waals surface area contributed by atoms with Crippen molar-refractivity contribution in [3.8, 4) is 0 Å². The van der Waals surface area contributed by atoms with Gasteiger partial charge < -0.3 is 10.2 Å². The van der Waals surface area contributed by atoms with Crippen molar-refractivity contribution < 1.29 is 19.9 Å². The molecule has 0 amide bonds. The Morgan fingerprint density at radius 3 is 2.79 bits per heavy atom. The van der Waals surface area contributed by atoms with E-state index < -0.39 is 22.5 Å². The molecule has 7 nitrogen and oxygen atoms in total. The van der Waals surface area contributed by atoms with Crippen LogP contribution in [0.3, 0.4) is 0 Å². The lowest BCUT2D eigenvalue weighted by Crippen LogP contribution is -2.33. The molecule has 100 valence electrons. The molecule has 0 aromatic heterocycles. The van der Waals surface area contributed by atoms with Crippen LogP contribution in [0.1, 0.15) is 18.9 Å². The number of hydrogen-bond donors (Lipinski definition) is 2. The van der Waals surface area contributed by atoms with E-state index in [1.165, 1.54) is 25.1 Å². The van der Waals surface area contributed by atoms with Crippen molar-refractivity contribution in [2.45, 2.75) is 25.0 Å². The first-order valence-corrected chi connectivity index (χ1v) is 5.59. The van der Waals surface area contributed by atoms with Gasteiger partial charge in [0.05, 0.1) is 10.6 Å². The molecule has 7 heteroatoms. The molecule has 1 aromatic rings. The molecule has 1 aromatic carbocycles. The van der Waals surface area contributed by atoms with Gasteiger partial charge in [-0.3, -0.25) is 15.1 Å². The highest BCUT2D eigenvalue weighted by molar-refractivity contribution is 6.09. The molecular formula is C12H12N2O5. The first-order chi connectivity index (χ1) is 8.81. The fourth-order valence-electron chi connectivity index (χ4n) is 2.11. The van der Waals surface area contributed by atoms with Gasteiger partial charge in [0.1, 0.15) is 5.60 Å². The summed E-state index contributed by atoms with van der Waals surface area (Å²) < 4.78 is 0. The van der Waals surface area contributed by atoms with E-state index in [2.05, 4.69) is 4.99 Å². The lowest BCUT2D eigenvalue weighted by atomic mass is 9.91. The number of aliphatic carboxylic acids is 1. The first kappa shape index (κ1) is 13.2. The van der Waals surface area contributed by atoms with Gasteiger partial charge in [-0.15, -0.1) is 0 Å². The number of benzene rings is 1. The Hall–Kier alpha value is -2.28. The Morgan fingerprint density at radius 2 is 2.26 bits per heavy atom. The number of non-ortho nitro benzene ring substituents is 1. The van der Waals surface area contributed by atoms with Crippen LogP contribution in [0.2, 0.25) is 0 Å². The minimum atomic E-state index is -1.40. The summed E-state index contributed by atoms with van der Waals surface area (Å²) in [6, 6.07) is 4.61. The third-order valence-corrected chi connectivity index (χ3v) is 3.00. The average molecular weight is 264 g/mol. The summed E-state index contributed by atoms with van der Waals surface area (Å²) in [7, 11) is 0. The molecule has 2 atom stereocenters. The van der Waals surface area contributed by atoms with E-state index in [1.54, 1.807) is 6.07 Å². The topological polar surface area (TPSA) is 113 Å². The molecule has 0 spiro atoms. The molecule has 1 heterocycles. The minimum absolute atomic E-state index is 0.0413. The molecule has 2 N–H and O–H groups in total. The average Bonchev–Trinajstić information content (AvgIpc) is 2.65. The highest BCUT2D eigenvalue weighted by Crippen LogP contribution is 2.29. The highest BCUT2D eigenvalue weighted by Gasteiger charge is 2.41. The largest absolute Gasteiger partial charge is 0.480 e. The molecule has 0 bridgehead atoms. The maximum absolute atomic E-state index is 10.9. The Kier molecular flexibility index (Phi) is 3.07. The SMILES string of the molecule is C[C@@]1(O)C[C@@H](C(=O)O)N=C1c1cccc([N+](=O)[O-])c1. The number of carbonyl (C=O) groups is 1. The molecule has 0 radical (unpaired) electrons. The van der Waals surface area contributed by atoms with Crippen molar-refractivity contribution in [1.82, 2.24) is 0 Å². The molecular weight excluding hydrogens is 252 g/mol. The van der Waals surface area contributed by atoms with Gasteiger partial charge in [-0.05, 0) is 6.92 Å². The number of rotatable bonds is 3. The van der Waals surface area contributed by atoms with Crippen LogP contribution in [-0.2, 0) is 4.79 Å². The molecule has 19 heavy (non-hydrogen) atoms. The molecule has 0 saturated heterocycles. The molecule has 0 fully saturated rings. The quantitative estimate of drug-likeness (QED) is 0.624. The van der Waals surface area contributed by atoms with E-state index in [-0.39, 0.29) is 17.8 Å². The summed E-state index contributed by atoms with van der Waals surface area (Å²) >= 11 is 0. The summed E-state index contributed by atoms with van der Waals surface area (Å²) in [5.74, 6) is -1.12. The van der Waals surface area contributed by atoms with Gasteiger partial charge in [-0.1, -0.05) is 12.1 Å². The van der Waals surface area contributed by atoms with E-state index in [0.29, 0.717) is 5.56 Å². The van der Waals surface area contributed by atoms with Crippen LogP contribution in [0, 0.1) is 10.1 Å². The van der Waals surface area contributed by atoms with E-state index in [0.717, 1.165) is 0 Å². The summed E-state index contributed by atoms with van der Waals surface area (Å²) in [6.07, 6.45) is -0.0413. The van der Waals surface area contributed by atoms with Crippen LogP contribution in [0.4, 0.5) is 5.69 Å². The molecule has 0 saturated carbocycles.